The molecule has 0 amide bonds. The van der Waals surface area contributed by atoms with Crippen molar-refractivity contribution < 1.29 is 4.39 Å². The molecular formula is C9H9FN2. The lowest BCUT2D eigenvalue weighted by molar-refractivity contribution is 0.638. The summed E-state index contributed by atoms with van der Waals surface area (Å²) in [7, 11) is 0. The molecule has 0 saturated carbocycles. The Morgan fingerprint density at radius 3 is 3.08 bits per heavy atom. The van der Waals surface area contributed by atoms with Crippen LogP contribution in [0.4, 0.5) is 4.39 Å². The van der Waals surface area contributed by atoms with Crippen molar-refractivity contribution in [2.24, 2.45) is 0 Å². The summed E-state index contributed by atoms with van der Waals surface area (Å²) in [6.45, 7) is 2.00. The molecule has 0 atom stereocenters. The SMILES string of the molecule is CCc1cc(F)c2cn[nH]c2c1. The van der Waals surface area contributed by atoms with Crippen LogP contribution in [0.25, 0.3) is 10.9 Å². The fourth-order valence-electron chi connectivity index (χ4n) is 1.27. The van der Waals surface area contributed by atoms with Crippen molar-refractivity contribution in [1.82, 2.24) is 10.2 Å². The highest BCUT2D eigenvalue weighted by Gasteiger charge is 2.03. The molecule has 2 nitrogen and oxygen atoms in total. The first-order chi connectivity index (χ1) is 5.81. The number of nitrogens with one attached hydrogen (secondary N) is 1. The number of benzene rings is 1. The van der Waals surface area contributed by atoms with E-state index in [0.717, 1.165) is 17.5 Å². The average Bonchev–Trinajstić information content (AvgIpc) is 2.52. The number of nitrogens with zero attached hydrogens (tertiary/aromatic N) is 1. The van der Waals surface area contributed by atoms with Crippen LogP contribution in [0.15, 0.2) is 18.3 Å². The Balaban J connectivity index is 2.75. The zero-order chi connectivity index (χ0) is 8.55. The Hall–Kier alpha value is -1.38. The summed E-state index contributed by atoms with van der Waals surface area (Å²) in [5.74, 6) is -0.196. The van der Waals surface area contributed by atoms with Crippen LogP contribution in [0.2, 0.25) is 0 Å². The molecule has 0 spiro atoms. The topological polar surface area (TPSA) is 28.7 Å². The lowest BCUT2D eigenvalue weighted by atomic mass is 10.1. The molecule has 0 aliphatic rings. The quantitative estimate of drug-likeness (QED) is 0.688. The van der Waals surface area contributed by atoms with Gasteiger partial charge in [-0.2, -0.15) is 5.10 Å². The summed E-state index contributed by atoms with van der Waals surface area (Å²) in [5, 5.41) is 7.08. The third-order valence-corrected chi connectivity index (χ3v) is 1.98. The molecule has 3 heteroatoms. The molecule has 0 radical (unpaired) electrons. The Labute approximate surface area is 69.4 Å². The summed E-state index contributed by atoms with van der Waals surface area (Å²) in [5.41, 5.74) is 1.76. The summed E-state index contributed by atoms with van der Waals surface area (Å²) in [4.78, 5) is 0. The number of fused-ring (bicyclic) bond motifs is 1. The molecule has 1 heterocycles. The molecule has 2 rings (SSSR count). The molecule has 0 fully saturated rings. The zero-order valence-electron chi connectivity index (χ0n) is 6.76. The average molecular weight is 164 g/mol. The van der Waals surface area contributed by atoms with E-state index in [-0.39, 0.29) is 5.82 Å². The Morgan fingerprint density at radius 1 is 1.50 bits per heavy atom. The van der Waals surface area contributed by atoms with Gasteiger partial charge in [0.15, 0.2) is 0 Å². The number of aromatic amines is 1. The van der Waals surface area contributed by atoms with Crippen LogP contribution in [0.1, 0.15) is 12.5 Å². The van der Waals surface area contributed by atoms with Gasteiger partial charge in [-0.05, 0) is 24.1 Å². The lowest BCUT2D eigenvalue weighted by Gasteiger charge is -1.96. The van der Waals surface area contributed by atoms with E-state index in [1.165, 1.54) is 6.20 Å². The minimum absolute atomic E-state index is 0.196. The molecule has 12 heavy (non-hydrogen) atoms. The van der Waals surface area contributed by atoms with Gasteiger partial charge in [-0.1, -0.05) is 6.92 Å². The van der Waals surface area contributed by atoms with Gasteiger partial charge >= 0.3 is 0 Å². The van der Waals surface area contributed by atoms with Gasteiger partial charge in [0, 0.05) is 0 Å². The van der Waals surface area contributed by atoms with Crippen molar-refractivity contribution >= 4 is 10.9 Å². The Bertz CT molecular complexity index is 406. The molecule has 1 N–H and O–H groups in total. The van der Waals surface area contributed by atoms with E-state index in [1.54, 1.807) is 6.07 Å². The predicted molar refractivity (Wildman–Crippen MR) is 45.4 cm³/mol. The number of hydrogen-bond donors (Lipinski definition) is 1. The number of aryl methyl sites for hydroxylation is 1. The third kappa shape index (κ3) is 0.978. The van der Waals surface area contributed by atoms with Crippen LogP contribution in [-0.4, -0.2) is 10.2 Å². The maximum atomic E-state index is 13.2. The molecule has 0 saturated heterocycles. The first kappa shape index (κ1) is 7.28. The molecule has 0 aliphatic carbocycles. The third-order valence-electron chi connectivity index (χ3n) is 1.98. The zero-order valence-corrected chi connectivity index (χ0v) is 6.76. The van der Waals surface area contributed by atoms with Gasteiger partial charge in [0.05, 0.1) is 17.1 Å². The minimum atomic E-state index is -0.196. The smallest absolute Gasteiger partial charge is 0.134 e. The van der Waals surface area contributed by atoms with E-state index < -0.39 is 0 Å². The highest BCUT2D eigenvalue weighted by atomic mass is 19.1. The van der Waals surface area contributed by atoms with E-state index in [2.05, 4.69) is 10.2 Å². The second-order valence-electron chi connectivity index (χ2n) is 2.76. The number of H-pyrrole nitrogens is 1. The molecule has 0 aliphatic heterocycles. The normalized spacial score (nSPS) is 10.8. The lowest BCUT2D eigenvalue weighted by Crippen LogP contribution is -1.83. The second-order valence-corrected chi connectivity index (χ2v) is 2.76. The van der Waals surface area contributed by atoms with Crippen molar-refractivity contribution in [3.8, 4) is 0 Å². The second kappa shape index (κ2) is 2.59. The number of hydrogen-bond acceptors (Lipinski definition) is 1. The van der Waals surface area contributed by atoms with Crippen LogP contribution >= 0.6 is 0 Å². The summed E-state index contributed by atoms with van der Waals surface area (Å²) in [6, 6.07) is 3.48. The van der Waals surface area contributed by atoms with Gasteiger partial charge in [0.1, 0.15) is 5.82 Å². The highest BCUT2D eigenvalue weighted by molar-refractivity contribution is 5.79. The molecule has 0 bridgehead atoms. The first-order valence-electron chi connectivity index (χ1n) is 3.92. The molecule has 1 aromatic heterocycles. The number of rotatable bonds is 1. The van der Waals surface area contributed by atoms with E-state index in [4.69, 9.17) is 0 Å². The standard InChI is InChI=1S/C9H9FN2/c1-2-6-3-8(10)7-5-11-12-9(7)4-6/h3-5H,2H2,1H3,(H,11,12). The van der Waals surface area contributed by atoms with Crippen molar-refractivity contribution in [2.45, 2.75) is 13.3 Å². The molecular weight excluding hydrogens is 155 g/mol. The van der Waals surface area contributed by atoms with Gasteiger partial charge in [-0.25, -0.2) is 4.39 Å². The van der Waals surface area contributed by atoms with Crippen LogP contribution in [0.5, 0.6) is 0 Å². The summed E-state index contributed by atoms with van der Waals surface area (Å²) >= 11 is 0. The Kier molecular flexibility index (Phi) is 1.57. The van der Waals surface area contributed by atoms with Crippen LogP contribution < -0.4 is 0 Å². The van der Waals surface area contributed by atoms with Gasteiger partial charge < -0.3 is 0 Å². The van der Waals surface area contributed by atoms with Crippen LogP contribution in [0, 0.1) is 5.82 Å². The largest absolute Gasteiger partial charge is 0.278 e. The first-order valence-corrected chi connectivity index (χ1v) is 3.92. The van der Waals surface area contributed by atoms with Crippen LogP contribution in [0.3, 0.4) is 0 Å². The summed E-state index contributed by atoms with van der Waals surface area (Å²) in [6.07, 6.45) is 2.34. The highest BCUT2D eigenvalue weighted by Crippen LogP contribution is 2.17. The van der Waals surface area contributed by atoms with Crippen LogP contribution in [-0.2, 0) is 6.42 Å². The summed E-state index contributed by atoms with van der Waals surface area (Å²) < 4.78 is 13.2. The van der Waals surface area contributed by atoms with Crippen molar-refractivity contribution in [3.05, 3.63) is 29.7 Å². The van der Waals surface area contributed by atoms with Crippen molar-refractivity contribution in [1.29, 1.82) is 0 Å². The van der Waals surface area contributed by atoms with E-state index in [0.29, 0.717) is 5.39 Å². The predicted octanol–water partition coefficient (Wildman–Crippen LogP) is 2.26. The van der Waals surface area contributed by atoms with E-state index in [9.17, 15) is 4.39 Å². The van der Waals surface area contributed by atoms with Gasteiger partial charge in [0.25, 0.3) is 0 Å². The van der Waals surface area contributed by atoms with E-state index >= 15 is 0 Å². The Morgan fingerprint density at radius 2 is 2.33 bits per heavy atom. The number of halogens is 1. The molecule has 0 unspecified atom stereocenters. The van der Waals surface area contributed by atoms with Gasteiger partial charge in [0.2, 0.25) is 0 Å². The molecule has 1 aromatic carbocycles. The molecule has 2 aromatic rings. The number of aromatic nitrogens is 2. The van der Waals surface area contributed by atoms with Crippen molar-refractivity contribution in [2.75, 3.05) is 0 Å². The minimum Gasteiger partial charge on any atom is -0.278 e. The fourth-order valence-corrected chi connectivity index (χ4v) is 1.27. The van der Waals surface area contributed by atoms with Crippen molar-refractivity contribution in [3.63, 3.8) is 0 Å². The van der Waals surface area contributed by atoms with Gasteiger partial charge in [-0.3, -0.25) is 5.10 Å². The van der Waals surface area contributed by atoms with E-state index in [1.807, 2.05) is 13.0 Å². The molecule has 62 valence electrons. The monoisotopic (exact) mass is 164 g/mol. The maximum Gasteiger partial charge on any atom is 0.134 e. The fraction of sp³-hybridized carbons (Fsp3) is 0.222. The maximum absolute atomic E-state index is 13.2. The van der Waals surface area contributed by atoms with Gasteiger partial charge in [-0.15, -0.1) is 0 Å².